The number of benzene rings is 1. The van der Waals surface area contributed by atoms with E-state index in [0.717, 1.165) is 5.69 Å². The molecular formula is C13H14ClN3O2S. The predicted molar refractivity (Wildman–Crippen MR) is 80.8 cm³/mol. The minimum absolute atomic E-state index is 0.0432. The van der Waals surface area contributed by atoms with E-state index in [2.05, 4.69) is 9.71 Å². The number of nitrogens with one attached hydrogen (secondary N) is 1. The van der Waals surface area contributed by atoms with Crippen molar-refractivity contribution in [1.29, 1.82) is 0 Å². The fourth-order valence-electron chi connectivity index (χ4n) is 1.61. The van der Waals surface area contributed by atoms with Crippen molar-refractivity contribution in [3.63, 3.8) is 0 Å². The summed E-state index contributed by atoms with van der Waals surface area (Å²) in [6.45, 7) is 0. The highest BCUT2D eigenvalue weighted by molar-refractivity contribution is 7.92. The molecule has 1 N–H and O–H groups in total. The SMILES string of the molecule is CN(C)c1ccc(NS(=O)(=O)c2cccnc2Cl)cc1. The number of aromatic nitrogens is 1. The fraction of sp³-hybridized carbons (Fsp3) is 0.154. The number of halogens is 1. The van der Waals surface area contributed by atoms with Crippen LogP contribution in [0.15, 0.2) is 47.5 Å². The van der Waals surface area contributed by atoms with E-state index in [9.17, 15) is 8.42 Å². The molecule has 1 aromatic carbocycles. The van der Waals surface area contributed by atoms with Gasteiger partial charge in [0.25, 0.3) is 10.0 Å². The van der Waals surface area contributed by atoms with Crippen LogP contribution < -0.4 is 9.62 Å². The zero-order valence-electron chi connectivity index (χ0n) is 11.0. The summed E-state index contributed by atoms with van der Waals surface area (Å²) in [7, 11) is 0.0874. The largest absolute Gasteiger partial charge is 0.378 e. The molecule has 0 atom stereocenters. The molecule has 0 radical (unpaired) electrons. The first-order chi connectivity index (χ1) is 9.40. The van der Waals surface area contributed by atoms with Crippen molar-refractivity contribution in [2.24, 2.45) is 0 Å². The van der Waals surface area contributed by atoms with Crippen molar-refractivity contribution < 1.29 is 8.42 Å². The van der Waals surface area contributed by atoms with Crippen molar-refractivity contribution in [3.05, 3.63) is 47.7 Å². The topological polar surface area (TPSA) is 62.3 Å². The summed E-state index contributed by atoms with van der Waals surface area (Å²) in [6, 6.07) is 9.96. The van der Waals surface area contributed by atoms with Crippen LogP contribution in [-0.4, -0.2) is 27.5 Å². The van der Waals surface area contributed by atoms with Gasteiger partial charge in [-0.25, -0.2) is 13.4 Å². The first kappa shape index (κ1) is 14.6. The molecule has 1 aromatic heterocycles. The minimum Gasteiger partial charge on any atom is -0.378 e. The van der Waals surface area contributed by atoms with Gasteiger partial charge in [0.2, 0.25) is 0 Å². The molecule has 0 aliphatic heterocycles. The lowest BCUT2D eigenvalue weighted by molar-refractivity contribution is 0.601. The maximum atomic E-state index is 12.2. The minimum atomic E-state index is -3.74. The van der Waals surface area contributed by atoms with Gasteiger partial charge in [-0.2, -0.15) is 0 Å². The monoisotopic (exact) mass is 311 g/mol. The van der Waals surface area contributed by atoms with E-state index in [4.69, 9.17) is 11.6 Å². The quantitative estimate of drug-likeness (QED) is 0.882. The number of anilines is 2. The number of pyridine rings is 1. The lowest BCUT2D eigenvalue weighted by Crippen LogP contribution is -2.14. The molecule has 20 heavy (non-hydrogen) atoms. The number of hydrogen-bond donors (Lipinski definition) is 1. The second-order valence-corrected chi connectivity index (χ2v) is 6.35. The third kappa shape index (κ3) is 3.20. The third-order valence-corrected chi connectivity index (χ3v) is 4.48. The zero-order chi connectivity index (χ0) is 14.8. The van der Waals surface area contributed by atoms with Gasteiger partial charge in [-0.15, -0.1) is 0 Å². The fourth-order valence-corrected chi connectivity index (χ4v) is 3.12. The van der Waals surface area contributed by atoms with Crippen LogP contribution in [0.5, 0.6) is 0 Å². The van der Waals surface area contributed by atoms with Gasteiger partial charge >= 0.3 is 0 Å². The van der Waals surface area contributed by atoms with Gasteiger partial charge in [0.05, 0.1) is 0 Å². The standard InChI is InChI=1S/C13H14ClN3O2S/c1-17(2)11-7-5-10(6-8-11)16-20(18,19)12-4-3-9-15-13(12)14/h3-9,16H,1-2H3. The number of nitrogens with zero attached hydrogens (tertiary/aromatic N) is 2. The predicted octanol–water partition coefficient (Wildman–Crippen LogP) is 2.60. The van der Waals surface area contributed by atoms with E-state index in [1.165, 1.54) is 18.3 Å². The van der Waals surface area contributed by atoms with Crippen molar-refractivity contribution >= 4 is 33.0 Å². The average Bonchev–Trinajstić information content (AvgIpc) is 2.39. The summed E-state index contributed by atoms with van der Waals surface area (Å²) >= 11 is 5.80. The summed E-state index contributed by atoms with van der Waals surface area (Å²) in [5, 5.41) is -0.0510. The summed E-state index contributed by atoms with van der Waals surface area (Å²) in [5.74, 6) is 0. The Hall–Kier alpha value is -1.79. The maximum Gasteiger partial charge on any atom is 0.264 e. The molecule has 0 aliphatic carbocycles. The highest BCUT2D eigenvalue weighted by Gasteiger charge is 2.18. The van der Waals surface area contributed by atoms with Crippen molar-refractivity contribution in [2.75, 3.05) is 23.7 Å². The average molecular weight is 312 g/mol. The van der Waals surface area contributed by atoms with Crippen LogP contribution in [0.2, 0.25) is 5.15 Å². The normalized spacial score (nSPS) is 11.2. The molecule has 0 bridgehead atoms. The smallest absolute Gasteiger partial charge is 0.264 e. The third-order valence-electron chi connectivity index (χ3n) is 2.65. The molecule has 0 spiro atoms. The van der Waals surface area contributed by atoms with E-state index < -0.39 is 10.0 Å². The second-order valence-electron chi connectivity index (χ2n) is 4.34. The summed E-state index contributed by atoms with van der Waals surface area (Å²) in [6.07, 6.45) is 1.44. The molecule has 0 saturated carbocycles. The van der Waals surface area contributed by atoms with Crippen LogP contribution >= 0.6 is 11.6 Å². The highest BCUT2D eigenvalue weighted by atomic mass is 35.5. The molecule has 7 heteroatoms. The maximum absolute atomic E-state index is 12.2. The molecule has 5 nitrogen and oxygen atoms in total. The van der Waals surface area contributed by atoms with Crippen LogP contribution in [0.4, 0.5) is 11.4 Å². The lowest BCUT2D eigenvalue weighted by Gasteiger charge is -2.13. The Morgan fingerprint density at radius 2 is 1.80 bits per heavy atom. The van der Waals surface area contributed by atoms with Crippen LogP contribution in [0.25, 0.3) is 0 Å². The number of rotatable bonds is 4. The molecule has 106 valence electrons. The van der Waals surface area contributed by atoms with E-state index in [1.807, 2.05) is 31.1 Å². The van der Waals surface area contributed by atoms with E-state index in [0.29, 0.717) is 5.69 Å². The van der Waals surface area contributed by atoms with Gasteiger partial charge in [-0.3, -0.25) is 4.72 Å². The Labute approximate surface area is 123 Å². The van der Waals surface area contributed by atoms with Crippen LogP contribution in [0.3, 0.4) is 0 Å². The van der Waals surface area contributed by atoms with E-state index in [1.54, 1.807) is 12.1 Å². The Bertz CT molecular complexity index is 700. The molecule has 0 fully saturated rings. The molecule has 1 heterocycles. The van der Waals surface area contributed by atoms with Crippen LogP contribution in [-0.2, 0) is 10.0 Å². The Balaban J connectivity index is 2.27. The molecule has 0 saturated heterocycles. The molecular weight excluding hydrogens is 298 g/mol. The Morgan fingerprint density at radius 1 is 1.15 bits per heavy atom. The Morgan fingerprint density at radius 3 is 2.35 bits per heavy atom. The first-order valence-electron chi connectivity index (χ1n) is 5.81. The number of sulfonamides is 1. The van der Waals surface area contributed by atoms with Crippen molar-refractivity contribution in [2.45, 2.75) is 4.90 Å². The summed E-state index contributed by atoms with van der Waals surface area (Å²) < 4.78 is 26.9. The second kappa shape index (κ2) is 5.68. The van der Waals surface area contributed by atoms with E-state index in [-0.39, 0.29) is 10.0 Å². The van der Waals surface area contributed by atoms with E-state index >= 15 is 0 Å². The molecule has 2 aromatic rings. The molecule has 0 unspecified atom stereocenters. The van der Waals surface area contributed by atoms with Gasteiger partial charge < -0.3 is 4.90 Å². The lowest BCUT2D eigenvalue weighted by atomic mass is 10.3. The highest BCUT2D eigenvalue weighted by Crippen LogP contribution is 2.22. The van der Waals surface area contributed by atoms with Crippen LogP contribution in [0, 0.1) is 0 Å². The van der Waals surface area contributed by atoms with Gasteiger partial charge in [-0.1, -0.05) is 11.6 Å². The van der Waals surface area contributed by atoms with Gasteiger partial charge in [0, 0.05) is 31.7 Å². The first-order valence-corrected chi connectivity index (χ1v) is 7.67. The zero-order valence-corrected chi connectivity index (χ0v) is 12.6. The summed E-state index contributed by atoms with van der Waals surface area (Å²) in [4.78, 5) is 5.65. The molecule has 0 aliphatic rings. The molecule has 2 rings (SSSR count). The van der Waals surface area contributed by atoms with Gasteiger partial charge in [-0.05, 0) is 36.4 Å². The number of hydrogen-bond acceptors (Lipinski definition) is 4. The summed E-state index contributed by atoms with van der Waals surface area (Å²) in [5.41, 5.74) is 1.45. The van der Waals surface area contributed by atoms with Crippen molar-refractivity contribution in [3.8, 4) is 0 Å². The van der Waals surface area contributed by atoms with Crippen LogP contribution in [0.1, 0.15) is 0 Å². The van der Waals surface area contributed by atoms with Gasteiger partial charge in [0.1, 0.15) is 10.0 Å². The van der Waals surface area contributed by atoms with Crippen molar-refractivity contribution in [1.82, 2.24) is 4.98 Å². The van der Waals surface area contributed by atoms with Gasteiger partial charge in [0.15, 0.2) is 0 Å². The molecule has 0 amide bonds. The Kier molecular flexibility index (Phi) is 4.15.